The van der Waals surface area contributed by atoms with E-state index in [9.17, 15) is 0 Å². The minimum atomic E-state index is 0.0220. The molecule has 0 atom stereocenters. The van der Waals surface area contributed by atoms with Gasteiger partial charge in [-0.25, -0.2) is 0 Å². The molecule has 0 saturated heterocycles. The monoisotopic (exact) mass is 302 g/mol. The molecule has 0 spiro atoms. The third-order valence-electron chi connectivity index (χ3n) is 3.00. The average molecular weight is 303 g/mol. The first-order chi connectivity index (χ1) is 9.08. The highest BCUT2D eigenvalue weighted by molar-refractivity contribution is 4.84. The van der Waals surface area contributed by atoms with Gasteiger partial charge in [0.2, 0.25) is 0 Å². The number of methoxy groups -OCH3 is 1. The Morgan fingerprint density at radius 1 is 0.762 bits per heavy atom. The minimum absolute atomic E-state index is 0.0220. The van der Waals surface area contributed by atoms with Crippen LogP contribution in [0.3, 0.4) is 0 Å². The summed E-state index contributed by atoms with van der Waals surface area (Å²) in [6.45, 7) is 23.3. The summed E-state index contributed by atoms with van der Waals surface area (Å²) in [5, 5.41) is 0. The van der Waals surface area contributed by atoms with E-state index in [1.807, 2.05) is 34.6 Å². The van der Waals surface area contributed by atoms with Gasteiger partial charge in [0.05, 0.1) is 17.3 Å². The van der Waals surface area contributed by atoms with Crippen molar-refractivity contribution < 1.29 is 9.47 Å². The van der Waals surface area contributed by atoms with Crippen molar-refractivity contribution in [2.45, 2.75) is 106 Å². The van der Waals surface area contributed by atoms with Crippen molar-refractivity contribution in [1.29, 1.82) is 0 Å². The molecule has 0 aromatic rings. The lowest BCUT2D eigenvalue weighted by Gasteiger charge is -2.22. The fraction of sp³-hybridized carbons (Fsp3) is 1.00. The Morgan fingerprint density at radius 2 is 1.10 bits per heavy atom. The van der Waals surface area contributed by atoms with Crippen LogP contribution in [0.4, 0.5) is 0 Å². The topological polar surface area (TPSA) is 18.5 Å². The minimum Gasteiger partial charge on any atom is -0.379 e. The second kappa shape index (κ2) is 9.15. The lowest BCUT2D eigenvalue weighted by molar-refractivity contribution is -0.0424. The molecule has 0 aliphatic heterocycles. The van der Waals surface area contributed by atoms with E-state index in [1.165, 1.54) is 12.8 Å². The molecule has 1 fully saturated rings. The van der Waals surface area contributed by atoms with Crippen LogP contribution in [0, 0.1) is 11.3 Å². The van der Waals surface area contributed by atoms with Gasteiger partial charge < -0.3 is 9.47 Å². The van der Waals surface area contributed by atoms with Gasteiger partial charge >= 0.3 is 0 Å². The van der Waals surface area contributed by atoms with E-state index in [0.717, 1.165) is 5.92 Å². The molecule has 2 heteroatoms. The van der Waals surface area contributed by atoms with E-state index < -0.39 is 0 Å². The number of ether oxygens (including phenoxy) is 2. The maximum Gasteiger partial charge on any atom is 0.0601 e. The summed E-state index contributed by atoms with van der Waals surface area (Å²) in [6.07, 6.45) is 3.29. The van der Waals surface area contributed by atoms with E-state index in [2.05, 4.69) is 41.5 Å². The molecule has 0 amide bonds. The predicted molar refractivity (Wildman–Crippen MR) is 94.9 cm³/mol. The summed E-state index contributed by atoms with van der Waals surface area (Å²) < 4.78 is 10.4. The SMILES string of the molecule is CC(C)(C)C1CC1.CC(C)OC(C)(C)C.COC(C)(C)C. The Kier molecular flexibility index (Phi) is 10.1. The van der Waals surface area contributed by atoms with Gasteiger partial charge in [-0.2, -0.15) is 0 Å². The van der Waals surface area contributed by atoms with Crippen molar-refractivity contribution in [3.8, 4) is 0 Å². The molecule has 0 aromatic carbocycles. The fourth-order valence-electron chi connectivity index (χ4n) is 1.66. The van der Waals surface area contributed by atoms with Crippen molar-refractivity contribution in [1.82, 2.24) is 0 Å². The zero-order valence-electron chi connectivity index (χ0n) is 16.9. The number of hydrogen-bond acceptors (Lipinski definition) is 2. The first-order valence-corrected chi connectivity index (χ1v) is 8.31. The molecule has 1 saturated carbocycles. The van der Waals surface area contributed by atoms with E-state index in [1.54, 1.807) is 7.11 Å². The van der Waals surface area contributed by atoms with Gasteiger partial charge in [-0.05, 0) is 79.6 Å². The lowest BCUT2D eigenvalue weighted by atomic mass is 9.91. The Labute approximate surface area is 135 Å². The summed E-state index contributed by atoms with van der Waals surface area (Å²) in [6, 6.07) is 0. The Morgan fingerprint density at radius 3 is 1.10 bits per heavy atom. The smallest absolute Gasteiger partial charge is 0.0601 e. The highest BCUT2D eigenvalue weighted by atomic mass is 16.5. The molecule has 1 rings (SSSR count). The number of rotatable bonds is 1. The van der Waals surface area contributed by atoms with Gasteiger partial charge in [-0.3, -0.25) is 0 Å². The third-order valence-corrected chi connectivity index (χ3v) is 3.00. The largest absolute Gasteiger partial charge is 0.379 e. The van der Waals surface area contributed by atoms with E-state index in [0.29, 0.717) is 11.5 Å². The van der Waals surface area contributed by atoms with Crippen LogP contribution < -0.4 is 0 Å². The summed E-state index contributed by atoms with van der Waals surface area (Å²) in [5.74, 6) is 1.05. The third kappa shape index (κ3) is 22.3. The molecule has 0 heterocycles. The second-order valence-electron chi connectivity index (χ2n) is 9.24. The summed E-state index contributed by atoms with van der Waals surface area (Å²) in [5.41, 5.74) is 0.675. The molecule has 0 radical (unpaired) electrons. The van der Waals surface area contributed by atoms with Crippen molar-refractivity contribution in [3.63, 3.8) is 0 Å². The van der Waals surface area contributed by atoms with Gasteiger partial charge in [-0.15, -0.1) is 0 Å². The van der Waals surface area contributed by atoms with Crippen molar-refractivity contribution in [2.24, 2.45) is 11.3 Å². The molecule has 1 aliphatic carbocycles. The van der Waals surface area contributed by atoms with Crippen LogP contribution in [-0.2, 0) is 9.47 Å². The van der Waals surface area contributed by atoms with Gasteiger partial charge in [-0.1, -0.05) is 20.8 Å². The van der Waals surface area contributed by atoms with Crippen LogP contribution in [-0.4, -0.2) is 24.4 Å². The molecule has 0 unspecified atom stereocenters. The maximum atomic E-state index is 5.44. The van der Waals surface area contributed by atoms with Gasteiger partial charge in [0, 0.05) is 7.11 Å². The number of hydrogen-bond donors (Lipinski definition) is 0. The first kappa shape index (κ1) is 23.2. The lowest BCUT2D eigenvalue weighted by Crippen LogP contribution is -2.23. The van der Waals surface area contributed by atoms with Gasteiger partial charge in [0.15, 0.2) is 0 Å². The van der Waals surface area contributed by atoms with Crippen LogP contribution >= 0.6 is 0 Å². The van der Waals surface area contributed by atoms with Crippen molar-refractivity contribution in [3.05, 3.63) is 0 Å². The quantitative estimate of drug-likeness (QED) is 0.584. The molecule has 0 aromatic heterocycles. The molecule has 0 bridgehead atoms. The molecule has 130 valence electrons. The van der Waals surface area contributed by atoms with Gasteiger partial charge in [0.25, 0.3) is 0 Å². The molecule has 21 heavy (non-hydrogen) atoms. The predicted octanol–water partition coefficient (Wildman–Crippen LogP) is 6.08. The van der Waals surface area contributed by atoms with Crippen molar-refractivity contribution >= 4 is 0 Å². The Hall–Kier alpha value is -0.0800. The van der Waals surface area contributed by atoms with E-state index in [4.69, 9.17) is 9.47 Å². The Balaban J connectivity index is 0. The van der Waals surface area contributed by atoms with Crippen molar-refractivity contribution in [2.75, 3.05) is 7.11 Å². The summed E-state index contributed by atoms with van der Waals surface area (Å²) in [4.78, 5) is 0. The summed E-state index contributed by atoms with van der Waals surface area (Å²) in [7, 11) is 1.71. The standard InChI is InChI=1S/C7H16O.C7H14.C5H12O/c1-6(2)8-7(3,4)5;1-7(2,3)6-4-5-6;1-5(2,3)6-4/h6H,1-5H3;6H,4-5H2,1-3H3;1-4H3. The Bertz CT molecular complexity index is 244. The second-order valence-corrected chi connectivity index (χ2v) is 9.24. The molecule has 2 nitrogen and oxygen atoms in total. The van der Waals surface area contributed by atoms with Gasteiger partial charge in [0.1, 0.15) is 0 Å². The van der Waals surface area contributed by atoms with Crippen LogP contribution in [0.1, 0.15) is 89.0 Å². The maximum absolute atomic E-state index is 5.44. The molecular formula is C19H42O2. The highest BCUT2D eigenvalue weighted by Gasteiger charge is 2.33. The van der Waals surface area contributed by atoms with Crippen LogP contribution in [0.15, 0.2) is 0 Å². The summed E-state index contributed by atoms with van der Waals surface area (Å²) >= 11 is 0. The van der Waals surface area contributed by atoms with E-state index >= 15 is 0 Å². The zero-order chi connectivity index (χ0) is 17.5. The zero-order valence-corrected chi connectivity index (χ0v) is 16.9. The fourth-order valence-corrected chi connectivity index (χ4v) is 1.66. The normalized spacial score (nSPS) is 15.9. The molecule has 1 aliphatic rings. The van der Waals surface area contributed by atoms with Crippen LogP contribution in [0.2, 0.25) is 0 Å². The molecular weight excluding hydrogens is 260 g/mol. The average Bonchev–Trinajstić information content (AvgIpc) is 2.95. The van der Waals surface area contributed by atoms with Crippen LogP contribution in [0.25, 0.3) is 0 Å². The highest BCUT2D eigenvalue weighted by Crippen LogP contribution is 2.44. The van der Waals surface area contributed by atoms with Crippen LogP contribution in [0.5, 0.6) is 0 Å². The first-order valence-electron chi connectivity index (χ1n) is 8.31. The molecule has 0 N–H and O–H groups in total. The van der Waals surface area contributed by atoms with E-state index in [-0.39, 0.29) is 11.2 Å².